The van der Waals surface area contributed by atoms with Crippen molar-refractivity contribution < 1.29 is 19.1 Å². The predicted molar refractivity (Wildman–Crippen MR) is 213 cm³/mol. The molecule has 292 valence electrons. The third-order valence-electron chi connectivity index (χ3n) is 16.3. The van der Waals surface area contributed by atoms with E-state index in [1.165, 1.54) is 38.5 Å². The van der Waals surface area contributed by atoms with Crippen LogP contribution in [0, 0.1) is 107 Å². The number of carbonyl (C=O) groups excluding carboxylic acids is 2. The average molecular weight is 725 g/mol. The number of ether oxygens (including phenoxy) is 2. The maximum atomic E-state index is 12.4. The van der Waals surface area contributed by atoms with E-state index in [4.69, 9.17) is 9.47 Å². The van der Waals surface area contributed by atoms with Crippen molar-refractivity contribution in [1.29, 1.82) is 0 Å². The molecule has 0 N–H and O–H groups in total. The van der Waals surface area contributed by atoms with Crippen LogP contribution in [0.5, 0.6) is 0 Å². The van der Waals surface area contributed by atoms with Crippen LogP contribution in [0.15, 0.2) is 48.6 Å². The molecule has 0 saturated heterocycles. The van der Waals surface area contributed by atoms with E-state index < -0.39 is 0 Å². The summed E-state index contributed by atoms with van der Waals surface area (Å²) in [6, 6.07) is 0. The highest BCUT2D eigenvalue weighted by Crippen LogP contribution is 2.67. The summed E-state index contributed by atoms with van der Waals surface area (Å²) in [7, 11) is 0. The predicted octanol–water partition coefficient (Wildman–Crippen LogP) is 11.4. The number of rotatable bonds is 2. The first-order valence-electron chi connectivity index (χ1n) is 22.0. The molecule has 0 heterocycles. The molecule has 0 aromatic carbocycles. The summed E-state index contributed by atoms with van der Waals surface area (Å²) in [6.45, 7) is 11.7. The Balaban J connectivity index is 0.000000105. The molecule has 0 aromatic heterocycles. The minimum Gasteiger partial charge on any atom is -0.460 e. The minimum atomic E-state index is -0.345. The lowest BCUT2D eigenvalue weighted by molar-refractivity contribution is -0.163. The Morgan fingerprint density at radius 3 is 1.34 bits per heavy atom. The van der Waals surface area contributed by atoms with E-state index in [1.54, 1.807) is 19.3 Å². The number of fused-ring (bicyclic) bond motifs is 22. The molecule has 18 unspecified atom stereocenters. The number of carbonyl (C=O) groups is 2. The molecule has 0 radical (unpaired) electrons. The van der Waals surface area contributed by atoms with Crippen LogP contribution >= 0.6 is 0 Å². The smallest absolute Gasteiger partial charge is 0.310 e. The molecule has 12 aliphatic carbocycles. The molecule has 8 saturated carbocycles. The highest BCUT2D eigenvalue weighted by molar-refractivity contribution is 5.75. The van der Waals surface area contributed by atoms with Gasteiger partial charge in [0.05, 0.1) is 11.8 Å². The van der Waals surface area contributed by atoms with Crippen molar-refractivity contribution in [3.05, 3.63) is 48.6 Å². The van der Waals surface area contributed by atoms with Gasteiger partial charge in [-0.2, -0.15) is 0 Å². The molecule has 8 fully saturated rings. The van der Waals surface area contributed by atoms with Gasteiger partial charge in [-0.15, -0.1) is 0 Å². The van der Waals surface area contributed by atoms with Crippen molar-refractivity contribution in [2.75, 3.05) is 0 Å². The molecule has 0 aliphatic heterocycles. The van der Waals surface area contributed by atoms with E-state index in [2.05, 4.69) is 48.6 Å². The molecule has 0 spiro atoms. The summed E-state index contributed by atoms with van der Waals surface area (Å²) in [5, 5.41) is 0. The zero-order valence-electron chi connectivity index (χ0n) is 33.1. The van der Waals surface area contributed by atoms with Crippen LogP contribution in [-0.2, 0) is 19.1 Å². The lowest BCUT2D eigenvalue weighted by Crippen LogP contribution is -2.37. The summed E-state index contributed by atoms with van der Waals surface area (Å²) >= 11 is 0. The maximum Gasteiger partial charge on any atom is 0.310 e. The van der Waals surface area contributed by atoms with Crippen molar-refractivity contribution in [2.45, 2.75) is 137 Å². The molecule has 4 heteroatoms. The summed E-state index contributed by atoms with van der Waals surface area (Å²) in [5.41, 5.74) is -0.685. The highest BCUT2D eigenvalue weighted by atomic mass is 16.6. The van der Waals surface area contributed by atoms with E-state index in [-0.39, 0.29) is 42.4 Å². The van der Waals surface area contributed by atoms with Crippen molar-refractivity contribution >= 4 is 11.9 Å². The van der Waals surface area contributed by atoms with Gasteiger partial charge in [0.2, 0.25) is 0 Å². The zero-order chi connectivity index (χ0) is 36.1. The second-order valence-electron chi connectivity index (χ2n) is 21.7. The van der Waals surface area contributed by atoms with E-state index >= 15 is 0 Å². The van der Waals surface area contributed by atoms with Gasteiger partial charge >= 0.3 is 11.9 Å². The van der Waals surface area contributed by atoms with Gasteiger partial charge in [-0.3, -0.25) is 9.59 Å². The average Bonchev–Trinajstić information content (AvgIpc) is 3.97. The van der Waals surface area contributed by atoms with Gasteiger partial charge in [0.15, 0.2) is 0 Å². The number of esters is 2. The number of hydrogen-bond donors (Lipinski definition) is 0. The van der Waals surface area contributed by atoms with Crippen molar-refractivity contribution in [1.82, 2.24) is 0 Å². The molecule has 53 heavy (non-hydrogen) atoms. The molecule has 12 bridgehead atoms. The van der Waals surface area contributed by atoms with E-state index in [1.807, 2.05) is 41.5 Å². The lowest BCUT2D eigenvalue weighted by atomic mass is 9.69. The monoisotopic (exact) mass is 725 g/mol. The van der Waals surface area contributed by atoms with Crippen molar-refractivity contribution in [2.24, 2.45) is 107 Å². The Morgan fingerprint density at radius 1 is 0.434 bits per heavy atom. The van der Waals surface area contributed by atoms with Crippen LogP contribution in [0.25, 0.3) is 0 Å². The fraction of sp³-hybridized carbons (Fsp3) is 0.796. The number of hydrogen-bond acceptors (Lipinski definition) is 4. The fourth-order valence-corrected chi connectivity index (χ4v) is 14.8. The Bertz CT molecular complexity index is 1470. The first-order valence-corrected chi connectivity index (χ1v) is 22.0. The van der Waals surface area contributed by atoms with E-state index in [0.717, 1.165) is 96.2 Å². The van der Waals surface area contributed by atoms with Crippen molar-refractivity contribution in [3.63, 3.8) is 0 Å². The van der Waals surface area contributed by atoms with Gasteiger partial charge in [0.1, 0.15) is 11.2 Å². The minimum absolute atomic E-state index is 0. The zero-order valence-corrected chi connectivity index (χ0v) is 33.1. The Kier molecular flexibility index (Phi) is 10.1. The van der Waals surface area contributed by atoms with E-state index in [0.29, 0.717) is 17.8 Å². The third kappa shape index (κ3) is 7.22. The largest absolute Gasteiger partial charge is 0.460 e. The molecule has 0 amide bonds. The van der Waals surface area contributed by atoms with Crippen LogP contribution < -0.4 is 0 Å². The summed E-state index contributed by atoms with van der Waals surface area (Å²) in [6.07, 6.45) is 35.7. The van der Waals surface area contributed by atoms with E-state index in [9.17, 15) is 9.59 Å². The van der Waals surface area contributed by atoms with Gasteiger partial charge in [-0.05, 0) is 213 Å². The third-order valence-corrected chi connectivity index (χ3v) is 16.3. The molecule has 12 rings (SSSR count). The Morgan fingerprint density at radius 2 is 0.906 bits per heavy atom. The standard InChI is InChI=1S/C17H24O2.C12H18O2.C12H16.C7H10.CH4/c1-17(2,3)19-16(18)13-8-11-7-12(13)15-10-5-4-9(6-10)14(11)15;1-12(2,3)14-11(13)10-7-8-4-5-9(10)6-8;1-2-8-5-7(1)11-9-3-4-10(6-9)12(8)11;1-2-7-4-3-6(1)5-7;/h4-5,9-15H,6-8H2,1-3H3;4-5,8-10H,6-7H2,1-3H3;1-2,7-12H,3-6H2;1-2,6-7H,3-5H2;1H4. The molecule has 12 aliphatic rings. The lowest BCUT2D eigenvalue weighted by Gasteiger charge is -2.36. The normalized spacial score (nSPS) is 47.7. The van der Waals surface area contributed by atoms with Gasteiger partial charge in [-0.1, -0.05) is 56.0 Å². The first kappa shape index (κ1) is 37.8. The second kappa shape index (κ2) is 14.1. The first-order chi connectivity index (χ1) is 24.8. The molecule has 4 nitrogen and oxygen atoms in total. The van der Waals surface area contributed by atoms with Crippen LogP contribution in [0.2, 0.25) is 0 Å². The topological polar surface area (TPSA) is 52.6 Å². The summed E-state index contributed by atoms with van der Waals surface area (Å²) in [4.78, 5) is 24.2. The molecular weight excluding hydrogens is 653 g/mol. The molecule has 0 aromatic rings. The Hall–Kier alpha value is -2.10. The van der Waals surface area contributed by atoms with Gasteiger partial charge in [-0.25, -0.2) is 0 Å². The molecular formula is C49H72O4. The second-order valence-corrected chi connectivity index (χ2v) is 21.7. The highest BCUT2D eigenvalue weighted by Gasteiger charge is 2.63. The quantitative estimate of drug-likeness (QED) is 0.162. The summed E-state index contributed by atoms with van der Waals surface area (Å²) < 4.78 is 11.0. The van der Waals surface area contributed by atoms with Crippen molar-refractivity contribution in [3.8, 4) is 0 Å². The number of allylic oxidation sites excluding steroid dienone is 8. The van der Waals surface area contributed by atoms with Crippen LogP contribution in [0.1, 0.15) is 126 Å². The SMILES string of the molecule is C.C1=CC2CC1C1C3CCC(C3)C21.C1=CC2CCC1C2.CC(C)(C)OC(=O)C1CC2C=CC1C2.CC(C)(C)OC(=O)C1CC2CC1C1C3C=CC(C3)C21. The van der Waals surface area contributed by atoms with Gasteiger partial charge < -0.3 is 9.47 Å². The van der Waals surface area contributed by atoms with Gasteiger partial charge in [0, 0.05) is 0 Å². The van der Waals surface area contributed by atoms with Crippen LogP contribution in [0.3, 0.4) is 0 Å². The Labute approximate surface area is 322 Å². The summed E-state index contributed by atoms with van der Waals surface area (Å²) in [5.74, 6) is 14.8. The fourth-order valence-electron chi connectivity index (χ4n) is 14.8. The molecule has 18 atom stereocenters. The van der Waals surface area contributed by atoms with Crippen LogP contribution in [0.4, 0.5) is 0 Å². The van der Waals surface area contributed by atoms with Crippen LogP contribution in [-0.4, -0.2) is 23.1 Å². The maximum absolute atomic E-state index is 12.4. The van der Waals surface area contributed by atoms with Gasteiger partial charge in [0.25, 0.3) is 0 Å².